The van der Waals surface area contributed by atoms with Gasteiger partial charge in [0.15, 0.2) is 5.78 Å². The topological polar surface area (TPSA) is 37.3 Å². The Hall–Kier alpha value is -1.61. The number of hydrogen-bond donors (Lipinski definition) is 1. The molecule has 2 rings (SSSR count). The van der Waals surface area contributed by atoms with Crippen molar-refractivity contribution in [3.05, 3.63) is 64.1 Å². The van der Waals surface area contributed by atoms with Gasteiger partial charge in [-0.3, -0.25) is 4.79 Å². The Kier molecular flexibility index (Phi) is 3.59. The number of Topliss-reactive ketones (excluding diaryl/α,β-unsaturated/α-hetero) is 1. The van der Waals surface area contributed by atoms with Crippen molar-refractivity contribution in [1.82, 2.24) is 0 Å². The smallest absolute Gasteiger partial charge is 0.170 e. The second-order valence-corrected chi connectivity index (χ2v) is 4.66. The van der Waals surface area contributed by atoms with E-state index in [9.17, 15) is 9.90 Å². The van der Waals surface area contributed by atoms with Gasteiger partial charge in [-0.1, -0.05) is 46.3 Å². The highest BCUT2D eigenvalue weighted by molar-refractivity contribution is 9.10. The third-order valence-corrected chi connectivity index (χ3v) is 2.96. The molecule has 0 atom stereocenters. The standard InChI is InChI=1S/C14H11BrO2/c15-11-6-7-12(14(17)9-11)13(16)8-10-4-2-1-3-5-10/h1-7,9,17H,8H2. The van der Waals surface area contributed by atoms with Crippen LogP contribution in [0.5, 0.6) is 5.75 Å². The maximum atomic E-state index is 12.0. The zero-order chi connectivity index (χ0) is 12.3. The number of hydrogen-bond acceptors (Lipinski definition) is 2. The van der Waals surface area contributed by atoms with Gasteiger partial charge in [-0.2, -0.15) is 0 Å². The fourth-order valence-electron chi connectivity index (χ4n) is 1.62. The monoisotopic (exact) mass is 290 g/mol. The molecule has 3 heteroatoms. The summed E-state index contributed by atoms with van der Waals surface area (Å²) in [6.07, 6.45) is 0.302. The third-order valence-electron chi connectivity index (χ3n) is 2.47. The van der Waals surface area contributed by atoms with E-state index in [0.29, 0.717) is 12.0 Å². The maximum absolute atomic E-state index is 12.0. The minimum atomic E-state index is -0.0822. The van der Waals surface area contributed by atoms with E-state index < -0.39 is 0 Å². The van der Waals surface area contributed by atoms with Crippen molar-refractivity contribution >= 4 is 21.7 Å². The molecule has 1 N–H and O–H groups in total. The highest BCUT2D eigenvalue weighted by atomic mass is 79.9. The van der Waals surface area contributed by atoms with Crippen LogP contribution in [-0.2, 0) is 6.42 Å². The summed E-state index contributed by atoms with van der Waals surface area (Å²) in [5.74, 6) is -0.0680. The Bertz CT molecular complexity index is 535. The van der Waals surface area contributed by atoms with E-state index in [1.54, 1.807) is 12.1 Å². The summed E-state index contributed by atoms with van der Waals surface area (Å²) in [5.41, 5.74) is 1.30. The van der Waals surface area contributed by atoms with E-state index in [4.69, 9.17) is 0 Å². The number of phenolic OH excluding ortho intramolecular Hbond substituents is 1. The summed E-state index contributed by atoms with van der Waals surface area (Å²) in [7, 11) is 0. The van der Waals surface area contributed by atoms with E-state index >= 15 is 0 Å². The molecule has 2 nitrogen and oxygen atoms in total. The molecular weight excluding hydrogens is 280 g/mol. The molecule has 0 saturated heterocycles. The Labute approximate surface area is 108 Å². The summed E-state index contributed by atoms with van der Waals surface area (Å²) < 4.78 is 0.756. The van der Waals surface area contributed by atoms with Crippen LogP contribution in [0, 0.1) is 0 Å². The summed E-state index contributed by atoms with van der Waals surface area (Å²) in [6, 6.07) is 14.4. The fraction of sp³-hybridized carbons (Fsp3) is 0.0714. The molecule has 17 heavy (non-hydrogen) atoms. The molecule has 0 aliphatic rings. The maximum Gasteiger partial charge on any atom is 0.170 e. The molecular formula is C14H11BrO2. The van der Waals surface area contributed by atoms with E-state index in [1.165, 1.54) is 6.07 Å². The normalized spacial score (nSPS) is 10.2. The predicted octanol–water partition coefficient (Wildman–Crippen LogP) is 3.58. The lowest BCUT2D eigenvalue weighted by Crippen LogP contribution is -2.03. The van der Waals surface area contributed by atoms with E-state index in [0.717, 1.165) is 10.0 Å². The Morgan fingerprint density at radius 1 is 1.12 bits per heavy atom. The Morgan fingerprint density at radius 3 is 2.47 bits per heavy atom. The van der Waals surface area contributed by atoms with Crippen LogP contribution in [-0.4, -0.2) is 10.9 Å². The SMILES string of the molecule is O=C(Cc1ccccc1)c1ccc(Br)cc1O. The van der Waals surface area contributed by atoms with Crippen molar-refractivity contribution in [2.75, 3.05) is 0 Å². The number of rotatable bonds is 3. The molecule has 0 unspecified atom stereocenters. The Morgan fingerprint density at radius 2 is 1.82 bits per heavy atom. The van der Waals surface area contributed by atoms with Crippen molar-refractivity contribution < 1.29 is 9.90 Å². The van der Waals surface area contributed by atoms with Crippen molar-refractivity contribution in [2.45, 2.75) is 6.42 Å². The first-order chi connectivity index (χ1) is 8.16. The van der Waals surface area contributed by atoms with Crippen LogP contribution in [0.2, 0.25) is 0 Å². The van der Waals surface area contributed by atoms with Gasteiger partial charge in [0.2, 0.25) is 0 Å². The summed E-state index contributed by atoms with van der Waals surface area (Å²) >= 11 is 3.24. The van der Waals surface area contributed by atoms with Crippen LogP contribution in [0.15, 0.2) is 53.0 Å². The number of aromatic hydroxyl groups is 1. The zero-order valence-electron chi connectivity index (χ0n) is 9.06. The van der Waals surface area contributed by atoms with Crippen LogP contribution < -0.4 is 0 Å². The second kappa shape index (κ2) is 5.15. The van der Waals surface area contributed by atoms with Crippen LogP contribution in [0.1, 0.15) is 15.9 Å². The molecule has 0 spiro atoms. The minimum absolute atomic E-state index is 0.0142. The molecule has 86 valence electrons. The molecule has 0 saturated carbocycles. The van der Waals surface area contributed by atoms with Crippen molar-refractivity contribution in [1.29, 1.82) is 0 Å². The second-order valence-electron chi connectivity index (χ2n) is 3.75. The quantitative estimate of drug-likeness (QED) is 0.878. The number of benzene rings is 2. The molecule has 2 aromatic rings. The Balaban J connectivity index is 2.21. The average Bonchev–Trinajstić information content (AvgIpc) is 2.30. The van der Waals surface area contributed by atoms with E-state index in [-0.39, 0.29) is 11.5 Å². The highest BCUT2D eigenvalue weighted by Gasteiger charge is 2.11. The first-order valence-electron chi connectivity index (χ1n) is 5.22. The van der Waals surface area contributed by atoms with Gasteiger partial charge in [0, 0.05) is 10.9 Å². The largest absolute Gasteiger partial charge is 0.507 e. The summed E-state index contributed by atoms with van der Waals surface area (Å²) in [4.78, 5) is 12.0. The molecule has 0 aromatic heterocycles. The van der Waals surface area contributed by atoms with Gasteiger partial charge in [0.1, 0.15) is 5.75 Å². The van der Waals surface area contributed by atoms with Gasteiger partial charge >= 0.3 is 0 Å². The van der Waals surface area contributed by atoms with Gasteiger partial charge < -0.3 is 5.11 Å². The fourth-order valence-corrected chi connectivity index (χ4v) is 1.97. The van der Waals surface area contributed by atoms with Crippen LogP contribution in [0.3, 0.4) is 0 Å². The summed E-state index contributed by atoms with van der Waals surface area (Å²) in [6.45, 7) is 0. The molecule has 0 radical (unpaired) electrons. The van der Waals surface area contributed by atoms with Gasteiger partial charge in [-0.15, -0.1) is 0 Å². The number of ketones is 1. The van der Waals surface area contributed by atoms with Gasteiger partial charge in [-0.25, -0.2) is 0 Å². The van der Waals surface area contributed by atoms with Crippen LogP contribution >= 0.6 is 15.9 Å². The van der Waals surface area contributed by atoms with Crippen molar-refractivity contribution in [2.24, 2.45) is 0 Å². The average molecular weight is 291 g/mol. The molecule has 2 aromatic carbocycles. The highest BCUT2D eigenvalue weighted by Crippen LogP contribution is 2.23. The molecule has 0 heterocycles. The number of halogens is 1. The van der Waals surface area contributed by atoms with Crippen LogP contribution in [0.4, 0.5) is 0 Å². The molecule has 0 amide bonds. The lowest BCUT2D eigenvalue weighted by molar-refractivity contribution is 0.0990. The minimum Gasteiger partial charge on any atom is -0.507 e. The summed E-state index contributed by atoms with van der Waals surface area (Å²) in [5, 5.41) is 9.69. The first kappa shape index (κ1) is 11.9. The molecule has 0 fully saturated rings. The zero-order valence-corrected chi connectivity index (χ0v) is 10.6. The number of carbonyl (C=O) groups is 1. The van der Waals surface area contributed by atoms with Crippen LogP contribution in [0.25, 0.3) is 0 Å². The molecule has 0 bridgehead atoms. The molecule has 0 aliphatic heterocycles. The lowest BCUT2D eigenvalue weighted by atomic mass is 10.0. The third kappa shape index (κ3) is 2.94. The van der Waals surface area contributed by atoms with Gasteiger partial charge in [0.05, 0.1) is 5.56 Å². The molecule has 0 aliphatic carbocycles. The number of phenols is 1. The van der Waals surface area contributed by atoms with Crippen molar-refractivity contribution in [3.63, 3.8) is 0 Å². The first-order valence-corrected chi connectivity index (χ1v) is 6.02. The van der Waals surface area contributed by atoms with E-state index in [2.05, 4.69) is 15.9 Å². The van der Waals surface area contributed by atoms with E-state index in [1.807, 2.05) is 30.3 Å². The lowest BCUT2D eigenvalue weighted by Gasteiger charge is -2.04. The number of carbonyl (C=O) groups excluding carboxylic acids is 1. The van der Waals surface area contributed by atoms with Gasteiger partial charge in [-0.05, 0) is 23.8 Å². The van der Waals surface area contributed by atoms with Gasteiger partial charge in [0.25, 0.3) is 0 Å². The predicted molar refractivity (Wildman–Crippen MR) is 70.3 cm³/mol. The van der Waals surface area contributed by atoms with Crippen molar-refractivity contribution in [3.8, 4) is 5.75 Å².